The average molecular weight is 426 g/mol. The number of hydrogen-bond donors (Lipinski definition) is 3. The van der Waals surface area contributed by atoms with E-state index < -0.39 is 0 Å². The zero-order chi connectivity index (χ0) is 22.3. The van der Waals surface area contributed by atoms with Crippen molar-refractivity contribution in [3.63, 3.8) is 0 Å². The first kappa shape index (κ1) is 19.8. The molecule has 0 unspecified atom stereocenters. The molecule has 9 heteroatoms. The van der Waals surface area contributed by atoms with Crippen molar-refractivity contribution in [2.24, 2.45) is 5.41 Å². The van der Waals surface area contributed by atoms with Crippen molar-refractivity contribution in [1.29, 1.82) is 0 Å². The number of aromatic nitrogens is 7. The SMILES string of the molecule is CC(C)(C)CC(=O)Nc1cncc(-c2ccc3[nH]nc(-c4nc5ccncc5[nH]4)c3n2)c1. The Morgan fingerprint density at radius 3 is 2.72 bits per heavy atom. The molecule has 160 valence electrons. The minimum atomic E-state index is -0.0912. The Morgan fingerprint density at radius 2 is 1.91 bits per heavy atom. The van der Waals surface area contributed by atoms with Crippen LogP contribution in [0.5, 0.6) is 0 Å². The number of amides is 1. The Bertz CT molecular complexity index is 1410. The van der Waals surface area contributed by atoms with Crippen LogP contribution < -0.4 is 5.32 Å². The summed E-state index contributed by atoms with van der Waals surface area (Å²) in [5.41, 5.74) is 5.81. The van der Waals surface area contributed by atoms with E-state index in [1.807, 2.05) is 45.0 Å². The predicted octanol–water partition coefficient (Wildman–Crippen LogP) is 4.33. The highest BCUT2D eigenvalue weighted by Gasteiger charge is 2.17. The van der Waals surface area contributed by atoms with Crippen molar-refractivity contribution in [2.75, 3.05) is 5.32 Å². The molecule has 0 saturated carbocycles. The maximum atomic E-state index is 12.3. The molecule has 5 aromatic heterocycles. The highest BCUT2D eigenvalue weighted by molar-refractivity contribution is 5.93. The van der Waals surface area contributed by atoms with Crippen molar-refractivity contribution < 1.29 is 4.79 Å². The first-order valence-electron chi connectivity index (χ1n) is 10.3. The second-order valence-corrected chi connectivity index (χ2v) is 8.89. The van der Waals surface area contributed by atoms with Gasteiger partial charge in [-0.25, -0.2) is 9.97 Å². The third-order valence-corrected chi connectivity index (χ3v) is 4.92. The molecule has 0 radical (unpaired) electrons. The molecule has 9 nitrogen and oxygen atoms in total. The number of carbonyl (C=O) groups excluding carboxylic acids is 1. The van der Waals surface area contributed by atoms with Crippen molar-refractivity contribution in [3.05, 3.63) is 49.1 Å². The monoisotopic (exact) mass is 426 g/mol. The maximum absolute atomic E-state index is 12.3. The van der Waals surface area contributed by atoms with Gasteiger partial charge in [-0.1, -0.05) is 20.8 Å². The van der Waals surface area contributed by atoms with Crippen LogP contribution in [0.1, 0.15) is 27.2 Å². The van der Waals surface area contributed by atoms with E-state index in [1.165, 1.54) is 0 Å². The van der Waals surface area contributed by atoms with Gasteiger partial charge in [-0.2, -0.15) is 5.10 Å². The number of anilines is 1. The van der Waals surface area contributed by atoms with Crippen molar-refractivity contribution in [1.82, 2.24) is 35.1 Å². The Hall–Kier alpha value is -4.14. The summed E-state index contributed by atoms with van der Waals surface area (Å²) in [6.07, 6.45) is 7.21. The fraction of sp³-hybridized carbons (Fsp3) is 0.217. The van der Waals surface area contributed by atoms with Gasteiger partial charge in [-0.05, 0) is 29.7 Å². The molecular weight excluding hydrogens is 404 g/mol. The van der Waals surface area contributed by atoms with E-state index in [4.69, 9.17) is 4.98 Å². The average Bonchev–Trinajstić information content (AvgIpc) is 3.35. The molecule has 5 heterocycles. The van der Waals surface area contributed by atoms with Gasteiger partial charge in [0.15, 0.2) is 11.5 Å². The first-order valence-corrected chi connectivity index (χ1v) is 10.3. The van der Waals surface area contributed by atoms with Crippen LogP contribution in [0.2, 0.25) is 0 Å². The quantitative estimate of drug-likeness (QED) is 0.393. The lowest BCUT2D eigenvalue weighted by Crippen LogP contribution is -2.19. The third kappa shape index (κ3) is 3.92. The molecule has 0 saturated heterocycles. The normalized spacial score (nSPS) is 11.8. The van der Waals surface area contributed by atoms with Gasteiger partial charge < -0.3 is 10.3 Å². The molecule has 0 aliphatic rings. The number of aromatic amines is 2. The number of nitrogens with one attached hydrogen (secondary N) is 3. The summed E-state index contributed by atoms with van der Waals surface area (Å²) in [4.78, 5) is 33.4. The lowest BCUT2D eigenvalue weighted by molar-refractivity contribution is -0.117. The number of pyridine rings is 3. The predicted molar refractivity (Wildman–Crippen MR) is 123 cm³/mol. The minimum Gasteiger partial charge on any atom is -0.335 e. The van der Waals surface area contributed by atoms with Crippen molar-refractivity contribution >= 4 is 33.7 Å². The fourth-order valence-corrected chi connectivity index (χ4v) is 3.53. The van der Waals surface area contributed by atoms with Gasteiger partial charge in [-0.3, -0.25) is 19.9 Å². The van der Waals surface area contributed by atoms with Gasteiger partial charge in [0.1, 0.15) is 5.52 Å². The molecule has 5 rings (SSSR count). The Balaban J connectivity index is 1.49. The molecule has 5 aromatic rings. The highest BCUT2D eigenvalue weighted by Crippen LogP contribution is 2.28. The molecule has 32 heavy (non-hydrogen) atoms. The molecular formula is C23H22N8O. The molecule has 0 aliphatic carbocycles. The summed E-state index contributed by atoms with van der Waals surface area (Å²) in [6.45, 7) is 6.09. The summed E-state index contributed by atoms with van der Waals surface area (Å²) in [6, 6.07) is 7.52. The number of nitrogens with zero attached hydrogens (tertiary/aromatic N) is 5. The lowest BCUT2D eigenvalue weighted by atomic mass is 9.92. The summed E-state index contributed by atoms with van der Waals surface area (Å²) in [5.74, 6) is 0.571. The van der Waals surface area contributed by atoms with E-state index in [-0.39, 0.29) is 11.3 Å². The maximum Gasteiger partial charge on any atom is 0.224 e. The Labute approximate surface area is 183 Å². The van der Waals surface area contributed by atoms with E-state index in [2.05, 4.69) is 35.5 Å². The topological polar surface area (TPSA) is 125 Å². The van der Waals surface area contributed by atoms with Crippen LogP contribution in [0.4, 0.5) is 5.69 Å². The van der Waals surface area contributed by atoms with E-state index in [0.29, 0.717) is 29.1 Å². The Morgan fingerprint density at radius 1 is 1.03 bits per heavy atom. The molecule has 3 N–H and O–H groups in total. The third-order valence-electron chi connectivity index (χ3n) is 4.92. The molecule has 0 spiro atoms. The summed E-state index contributed by atoms with van der Waals surface area (Å²) >= 11 is 0. The van der Waals surface area contributed by atoms with Gasteiger partial charge in [-0.15, -0.1) is 0 Å². The van der Waals surface area contributed by atoms with Crippen molar-refractivity contribution in [3.8, 4) is 22.8 Å². The number of rotatable bonds is 4. The van der Waals surface area contributed by atoms with Crippen LogP contribution in [0.25, 0.3) is 44.8 Å². The van der Waals surface area contributed by atoms with Crippen LogP contribution in [0.3, 0.4) is 0 Å². The molecule has 1 amide bonds. The number of carbonyl (C=O) groups is 1. The number of imidazole rings is 1. The van der Waals surface area contributed by atoms with Gasteiger partial charge in [0, 0.05) is 24.4 Å². The van der Waals surface area contributed by atoms with Crippen molar-refractivity contribution in [2.45, 2.75) is 27.2 Å². The molecule has 0 fully saturated rings. The minimum absolute atomic E-state index is 0.0450. The second kappa shape index (κ2) is 7.52. The number of hydrogen-bond acceptors (Lipinski definition) is 6. The van der Waals surface area contributed by atoms with Gasteiger partial charge in [0.25, 0.3) is 0 Å². The summed E-state index contributed by atoms with van der Waals surface area (Å²) < 4.78 is 0. The molecule has 0 aromatic carbocycles. The van der Waals surface area contributed by atoms with Crippen LogP contribution in [0.15, 0.2) is 49.1 Å². The molecule has 0 bridgehead atoms. The highest BCUT2D eigenvalue weighted by atomic mass is 16.1. The fourth-order valence-electron chi connectivity index (χ4n) is 3.53. The molecule has 0 atom stereocenters. The van der Waals surface area contributed by atoms with E-state index in [1.54, 1.807) is 24.8 Å². The number of fused-ring (bicyclic) bond motifs is 2. The van der Waals surface area contributed by atoms with Crippen LogP contribution in [-0.2, 0) is 4.79 Å². The zero-order valence-corrected chi connectivity index (χ0v) is 18.0. The van der Waals surface area contributed by atoms with Crippen LogP contribution in [-0.4, -0.2) is 41.0 Å². The Kier molecular flexibility index (Phi) is 4.66. The smallest absolute Gasteiger partial charge is 0.224 e. The summed E-state index contributed by atoms with van der Waals surface area (Å²) in [5, 5.41) is 10.3. The van der Waals surface area contributed by atoms with Crippen LogP contribution >= 0.6 is 0 Å². The van der Waals surface area contributed by atoms with Gasteiger partial charge in [0.2, 0.25) is 5.91 Å². The van der Waals surface area contributed by atoms with E-state index in [9.17, 15) is 4.79 Å². The van der Waals surface area contributed by atoms with E-state index in [0.717, 1.165) is 27.8 Å². The number of H-pyrrole nitrogens is 2. The standard InChI is InChI=1S/C23H22N8O/c1-23(2,3)9-19(32)26-14-8-13(10-25-11-14)15-4-5-17-20(27-15)21(31-30-17)22-28-16-6-7-24-12-18(16)29-22/h4-8,10-12H,9H2,1-3H3,(H,26,32)(H,28,29)(H,30,31). The van der Waals surface area contributed by atoms with Gasteiger partial charge >= 0.3 is 0 Å². The lowest BCUT2D eigenvalue weighted by Gasteiger charge is -2.17. The summed E-state index contributed by atoms with van der Waals surface area (Å²) in [7, 11) is 0. The largest absolute Gasteiger partial charge is 0.335 e. The van der Waals surface area contributed by atoms with E-state index >= 15 is 0 Å². The molecule has 0 aliphatic heterocycles. The van der Waals surface area contributed by atoms with Gasteiger partial charge in [0.05, 0.1) is 40.3 Å². The zero-order valence-electron chi connectivity index (χ0n) is 18.0. The first-order chi connectivity index (χ1) is 15.4. The second-order valence-electron chi connectivity index (χ2n) is 8.89. The van der Waals surface area contributed by atoms with Crippen LogP contribution in [0, 0.1) is 5.41 Å².